The summed E-state index contributed by atoms with van der Waals surface area (Å²) in [7, 11) is 0. The monoisotopic (exact) mass is 262 g/mol. The molecule has 2 rings (SSSR count). The van der Waals surface area contributed by atoms with Crippen molar-refractivity contribution in [1.29, 1.82) is 0 Å². The number of nitrogens with zero attached hydrogens (tertiary/aromatic N) is 1. The van der Waals surface area contributed by atoms with E-state index in [-0.39, 0.29) is 11.8 Å². The highest BCUT2D eigenvalue weighted by Gasteiger charge is 2.25. The van der Waals surface area contributed by atoms with Crippen molar-refractivity contribution in [2.45, 2.75) is 26.0 Å². The molecule has 1 aromatic rings. The summed E-state index contributed by atoms with van der Waals surface area (Å²) in [5, 5.41) is 12.1. The average Bonchev–Trinajstić information content (AvgIpc) is 2.83. The third-order valence-corrected chi connectivity index (χ3v) is 3.19. The van der Waals surface area contributed by atoms with Crippen molar-refractivity contribution in [2.75, 3.05) is 13.1 Å². The van der Waals surface area contributed by atoms with E-state index in [1.807, 2.05) is 12.1 Å². The van der Waals surface area contributed by atoms with Crippen LogP contribution in [0.25, 0.3) is 0 Å². The van der Waals surface area contributed by atoms with E-state index >= 15 is 0 Å². The molecule has 1 aliphatic heterocycles. The first-order valence-electron chi connectivity index (χ1n) is 6.37. The molecule has 2 N–H and O–H groups in total. The molecule has 0 bridgehead atoms. The minimum atomic E-state index is -0.400. The summed E-state index contributed by atoms with van der Waals surface area (Å²) in [5.41, 5.74) is 1.56. The van der Waals surface area contributed by atoms with Crippen molar-refractivity contribution in [1.82, 2.24) is 10.2 Å². The van der Waals surface area contributed by atoms with Gasteiger partial charge in [0.1, 0.15) is 0 Å². The number of likely N-dealkylation sites (tertiary alicyclic amines) is 1. The van der Waals surface area contributed by atoms with Gasteiger partial charge in [0.05, 0.1) is 6.10 Å². The van der Waals surface area contributed by atoms with Crippen molar-refractivity contribution < 1.29 is 14.7 Å². The molecule has 1 aliphatic rings. The molecular weight excluding hydrogens is 244 g/mol. The highest BCUT2D eigenvalue weighted by molar-refractivity contribution is 5.94. The summed E-state index contributed by atoms with van der Waals surface area (Å²) in [4.78, 5) is 24.6. The van der Waals surface area contributed by atoms with Gasteiger partial charge in [0.2, 0.25) is 5.91 Å². The lowest BCUT2D eigenvalue weighted by molar-refractivity contribution is -0.119. The van der Waals surface area contributed by atoms with Crippen LogP contribution in [0.3, 0.4) is 0 Å². The maximum atomic E-state index is 12.1. The molecular formula is C14H18N2O3. The van der Waals surface area contributed by atoms with E-state index in [0.717, 1.165) is 5.56 Å². The molecule has 0 spiro atoms. The number of aliphatic hydroxyl groups excluding tert-OH is 1. The van der Waals surface area contributed by atoms with Crippen LogP contribution >= 0.6 is 0 Å². The van der Waals surface area contributed by atoms with Gasteiger partial charge in [0.25, 0.3) is 5.91 Å². The zero-order chi connectivity index (χ0) is 13.8. The summed E-state index contributed by atoms with van der Waals surface area (Å²) in [6.07, 6.45) is 0.245. The molecule has 102 valence electrons. The van der Waals surface area contributed by atoms with Crippen LogP contribution in [0.15, 0.2) is 24.3 Å². The Balaban J connectivity index is 1.97. The number of aliphatic hydroxyl groups is 1. The van der Waals surface area contributed by atoms with E-state index in [9.17, 15) is 14.7 Å². The summed E-state index contributed by atoms with van der Waals surface area (Å²) in [6, 6.07) is 7.17. The van der Waals surface area contributed by atoms with Gasteiger partial charge >= 0.3 is 0 Å². The van der Waals surface area contributed by atoms with E-state index in [1.165, 1.54) is 6.92 Å². The molecule has 19 heavy (non-hydrogen) atoms. The summed E-state index contributed by atoms with van der Waals surface area (Å²) < 4.78 is 0. The van der Waals surface area contributed by atoms with Gasteiger partial charge in [-0.2, -0.15) is 0 Å². The second-order valence-electron chi connectivity index (χ2n) is 4.80. The number of carbonyl (C=O) groups excluding carboxylic acids is 2. The van der Waals surface area contributed by atoms with Gasteiger partial charge in [0, 0.05) is 32.1 Å². The second-order valence-corrected chi connectivity index (χ2v) is 4.80. The smallest absolute Gasteiger partial charge is 0.253 e. The molecule has 0 radical (unpaired) electrons. The fourth-order valence-corrected chi connectivity index (χ4v) is 2.10. The first-order chi connectivity index (χ1) is 9.06. The fraction of sp³-hybridized carbons (Fsp3) is 0.429. The van der Waals surface area contributed by atoms with E-state index in [1.54, 1.807) is 17.0 Å². The number of rotatable bonds is 3. The number of β-amino-alcohol motifs (C(OH)–C–C–N with tert-alkyl or cyclic N) is 1. The van der Waals surface area contributed by atoms with Crippen molar-refractivity contribution in [3.8, 4) is 0 Å². The Labute approximate surface area is 112 Å². The van der Waals surface area contributed by atoms with Gasteiger partial charge in [0.15, 0.2) is 0 Å². The van der Waals surface area contributed by atoms with E-state index < -0.39 is 6.10 Å². The number of amides is 2. The molecule has 0 aliphatic carbocycles. The quantitative estimate of drug-likeness (QED) is 0.835. The van der Waals surface area contributed by atoms with Crippen molar-refractivity contribution in [3.05, 3.63) is 35.4 Å². The predicted octanol–water partition coefficient (Wildman–Crippen LogP) is 0.529. The van der Waals surface area contributed by atoms with Crippen LogP contribution in [-0.4, -0.2) is 41.0 Å². The molecule has 1 fully saturated rings. The van der Waals surface area contributed by atoms with Crippen LogP contribution in [0.5, 0.6) is 0 Å². The van der Waals surface area contributed by atoms with E-state index in [4.69, 9.17) is 0 Å². The molecule has 0 aromatic heterocycles. The Bertz CT molecular complexity index is 470. The van der Waals surface area contributed by atoms with E-state index in [0.29, 0.717) is 31.6 Å². The van der Waals surface area contributed by atoms with Gasteiger partial charge in [-0.1, -0.05) is 12.1 Å². The maximum absolute atomic E-state index is 12.1. The Morgan fingerprint density at radius 3 is 2.58 bits per heavy atom. The molecule has 0 unspecified atom stereocenters. The van der Waals surface area contributed by atoms with Crippen molar-refractivity contribution in [2.24, 2.45) is 0 Å². The first kappa shape index (κ1) is 13.5. The van der Waals surface area contributed by atoms with Crippen LogP contribution < -0.4 is 5.32 Å². The van der Waals surface area contributed by atoms with Crippen LogP contribution in [0.2, 0.25) is 0 Å². The molecule has 1 saturated heterocycles. The van der Waals surface area contributed by atoms with Crippen LogP contribution in [-0.2, 0) is 11.3 Å². The zero-order valence-electron chi connectivity index (χ0n) is 10.9. The molecule has 1 atom stereocenters. The number of nitrogens with one attached hydrogen (secondary N) is 1. The molecule has 1 aromatic carbocycles. The van der Waals surface area contributed by atoms with Crippen LogP contribution in [0, 0.1) is 0 Å². The number of carbonyl (C=O) groups is 2. The van der Waals surface area contributed by atoms with E-state index in [2.05, 4.69) is 5.32 Å². The molecule has 5 nitrogen and oxygen atoms in total. The molecule has 0 saturated carbocycles. The maximum Gasteiger partial charge on any atom is 0.253 e. The third-order valence-electron chi connectivity index (χ3n) is 3.19. The highest BCUT2D eigenvalue weighted by atomic mass is 16.3. The van der Waals surface area contributed by atoms with Crippen molar-refractivity contribution in [3.63, 3.8) is 0 Å². The standard InChI is InChI=1S/C14H18N2O3/c1-10(17)15-8-11-2-4-12(5-3-11)14(19)16-7-6-13(18)9-16/h2-5,13,18H,6-9H2,1H3,(H,15,17)/t13-/m0/s1. The van der Waals surface area contributed by atoms with Crippen LogP contribution in [0.4, 0.5) is 0 Å². The Hall–Kier alpha value is -1.88. The largest absolute Gasteiger partial charge is 0.391 e. The summed E-state index contributed by atoms with van der Waals surface area (Å²) in [6.45, 7) is 2.95. The average molecular weight is 262 g/mol. The second kappa shape index (κ2) is 5.84. The van der Waals surface area contributed by atoms with Gasteiger partial charge in [-0.15, -0.1) is 0 Å². The normalized spacial score (nSPS) is 18.4. The van der Waals surface area contributed by atoms with Crippen molar-refractivity contribution >= 4 is 11.8 Å². The lowest BCUT2D eigenvalue weighted by atomic mass is 10.1. The lowest BCUT2D eigenvalue weighted by Gasteiger charge is -2.15. The van der Waals surface area contributed by atoms with Gasteiger partial charge in [-0.05, 0) is 24.1 Å². The Kier molecular flexibility index (Phi) is 4.16. The number of benzene rings is 1. The minimum Gasteiger partial charge on any atom is -0.391 e. The number of hydrogen-bond donors (Lipinski definition) is 2. The van der Waals surface area contributed by atoms with Gasteiger partial charge < -0.3 is 15.3 Å². The van der Waals surface area contributed by atoms with Gasteiger partial charge in [-0.3, -0.25) is 9.59 Å². The van der Waals surface area contributed by atoms with Gasteiger partial charge in [-0.25, -0.2) is 0 Å². The predicted molar refractivity (Wildman–Crippen MR) is 70.5 cm³/mol. The molecule has 2 amide bonds. The topological polar surface area (TPSA) is 69.6 Å². The van der Waals surface area contributed by atoms with Crippen LogP contribution in [0.1, 0.15) is 29.3 Å². The SMILES string of the molecule is CC(=O)NCc1ccc(C(=O)N2CC[C@H](O)C2)cc1. The zero-order valence-corrected chi connectivity index (χ0v) is 10.9. The first-order valence-corrected chi connectivity index (χ1v) is 6.37. The highest BCUT2D eigenvalue weighted by Crippen LogP contribution is 2.14. The lowest BCUT2D eigenvalue weighted by Crippen LogP contribution is -2.29. The third kappa shape index (κ3) is 3.54. The summed E-state index contributed by atoms with van der Waals surface area (Å²) in [5.74, 6) is -0.131. The fourth-order valence-electron chi connectivity index (χ4n) is 2.10. The summed E-state index contributed by atoms with van der Waals surface area (Å²) >= 11 is 0. The minimum absolute atomic E-state index is 0.0531. The molecule has 5 heteroatoms. The Morgan fingerprint density at radius 2 is 2.05 bits per heavy atom. The number of hydrogen-bond acceptors (Lipinski definition) is 3. The molecule has 1 heterocycles. The Morgan fingerprint density at radius 1 is 1.37 bits per heavy atom.